The summed E-state index contributed by atoms with van der Waals surface area (Å²) in [5.74, 6) is 0.744. The molecule has 3 aromatic rings. The lowest BCUT2D eigenvalue weighted by Crippen LogP contribution is -2.18. The molecule has 2 heterocycles. The van der Waals surface area contributed by atoms with Crippen molar-refractivity contribution in [3.8, 4) is 5.75 Å². The highest BCUT2D eigenvalue weighted by atomic mass is 16.5. The molecule has 21 heavy (non-hydrogen) atoms. The van der Waals surface area contributed by atoms with Gasteiger partial charge in [0.1, 0.15) is 5.75 Å². The van der Waals surface area contributed by atoms with Gasteiger partial charge in [0.05, 0.1) is 30.4 Å². The van der Waals surface area contributed by atoms with Gasteiger partial charge in [-0.25, -0.2) is 0 Å². The Morgan fingerprint density at radius 1 is 1.00 bits per heavy atom. The van der Waals surface area contributed by atoms with Gasteiger partial charge in [-0.15, -0.1) is 0 Å². The van der Waals surface area contributed by atoms with Crippen LogP contribution >= 0.6 is 0 Å². The molecule has 0 aliphatic heterocycles. The Morgan fingerprint density at radius 3 is 2.57 bits per heavy atom. The molecule has 0 amide bonds. The summed E-state index contributed by atoms with van der Waals surface area (Å²) < 4.78 is 5.24. The average Bonchev–Trinajstić information content (AvgIpc) is 2.56. The van der Waals surface area contributed by atoms with E-state index < -0.39 is 0 Å². The first kappa shape index (κ1) is 13.5. The van der Waals surface area contributed by atoms with Gasteiger partial charge >= 0.3 is 0 Å². The second-order valence-electron chi connectivity index (χ2n) is 4.68. The molecule has 1 unspecified atom stereocenters. The zero-order valence-corrected chi connectivity index (χ0v) is 11.9. The number of fused-ring (bicyclic) bond motifs is 1. The third-order valence-corrected chi connectivity index (χ3v) is 3.42. The molecule has 5 nitrogen and oxygen atoms in total. The van der Waals surface area contributed by atoms with Gasteiger partial charge in [-0.2, -0.15) is 0 Å². The fourth-order valence-electron chi connectivity index (χ4n) is 2.39. The fourth-order valence-corrected chi connectivity index (χ4v) is 2.39. The third kappa shape index (κ3) is 2.68. The lowest BCUT2D eigenvalue weighted by Gasteiger charge is -2.17. The van der Waals surface area contributed by atoms with Crippen LogP contribution in [0.4, 0.5) is 0 Å². The second kappa shape index (κ2) is 5.85. The summed E-state index contributed by atoms with van der Waals surface area (Å²) in [5.41, 5.74) is 3.92. The number of methoxy groups -OCH3 is 1. The van der Waals surface area contributed by atoms with E-state index in [2.05, 4.69) is 26.3 Å². The van der Waals surface area contributed by atoms with Gasteiger partial charge in [0.15, 0.2) is 0 Å². The van der Waals surface area contributed by atoms with Crippen LogP contribution < -0.4 is 10.1 Å². The van der Waals surface area contributed by atoms with Crippen LogP contribution in [0, 0.1) is 0 Å². The molecule has 0 bridgehead atoms. The molecule has 1 aromatic carbocycles. The summed E-state index contributed by atoms with van der Waals surface area (Å²) >= 11 is 0. The van der Waals surface area contributed by atoms with Gasteiger partial charge in [-0.05, 0) is 36.4 Å². The van der Waals surface area contributed by atoms with E-state index in [9.17, 15) is 0 Å². The van der Waals surface area contributed by atoms with Crippen molar-refractivity contribution in [2.45, 2.75) is 6.04 Å². The first-order valence-corrected chi connectivity index (χ1v) is 6.68. The van der Waals surface area contributed by atoms with E-state index in [4.69, 9.17) is 4.74 Å². The first-order valence-electron chi connectivity index (χ1n) is 6.68. The zero-order valence-electron chi connectivity index (χ0n) is 11.9. The number of nitrogens with one attached hydrogen (secondary N) is 1. The zero-order chi connectivity index (χ0) is 14.7. The van der Waals surface area contributed by atoms with Crippen molar-refractivity contribution in [2.24, 2.45) is 0 Å². The molecule has 0 aliphatic carbocycles. The number of pyridine rings is 1. The molecule has 0 saturated carbocycles. The van der Waals surface area contributed by atoms with Crippen molar-refractivity contribution in [1.82, 2.24) is 20.3 Å². The maximum atomic E-state index is 5.24. The Labute approximate surface area is 123 Å². The van der Waals surface area contributed by atoms with Crippen molar-refractivity contribution >= 4 is 11.0 Å². The highest BCUT2D eigenvalue weighted by Gasteiger charge is 2.14. The Bertz CT molecular complexity index is 760. The molecule has 106 valence electrons. The quantitative estimate of drug-likeness (QED) is 0.795. The summed E-state index contributed by atoms with van der Waals surface area (Å²) in [7, 11) is 3.56. The molecule has 1 N–H and O–H groups in total. The van der Waals surface area contributed by atoms with Crippen molar-refractivity contribution < 1.29 is 4.74 Å². The monoisotopic (exact) mass is 280 g/mol. The van der Waals surface area contributed by atoms with Crippen LogP contribution in [0.2, 0.25) is 0 Å². The minimum absolute atomic E-state index is 0.0269. The smallest absolute Gasteiger partial charge is 0.137 e. The third-order valence-electron chi connectivity index (χ3n) is 3.42. The van der Waals surface area contributed by atoms with E-state index in [1.165, 1.54) is 0 Å². The maximum Gasteiger partial charge on any atom is 0.137 e. The lowest BCUT2D eigenvalue weighted by atomic mass is 9.99. The molecule has 0 fully saturated rings. The molecule has 2 aromatic heterocycles. The topological polar surface area (TPSA) is 59.9 Å². The normalized spacial score (nSPS) is 12.3. The maximum absolute atomic E-state index is 5.24. The Kier molecular flexibility index (Phi) is 3.75. The molecule has 1 atom stereocenters. The Morgan fingerprint density at radius 2 is 1.81 bits per heavy atom. The van der Waals surface area contributed by atoms with Crippen LogP contribution in [0.15, 0.2) is 49.1 Å². The van der Waals surface area contributed by atoms with Gasteiger partial charge in [0.25, 0.3) is 0 Å². The number of benzene rings is 1. The summed E-state index contributed by atoms with van der Waals surface area (Å²) in [5, 5.41) is 3.31. The molecular weight excluding hydrogens is 264 g/mol. The van der Waals surface area contributed by atoms with Crippen LogP contribution in [-0.2, 0) is 0 Å². The van der Waals surface area contributed by atoms with Gasteiger partial charge in [-0.1, -0.05) is 6.07 Å². The number of hydrogen-bond donors (Lipinski definition) is 1. The van der Waals surface area contributed by atoms with Gasteiger partial charge in [-0.3, -0.25) is 15.0 Å². The predicted molar refractivity (Wildman–Crippen MR) is 81.2 cm³/mol. The molecule has 3 rings (SSSR count). The number of hydrogen-bond acceptors (Lipinski definition) is 5. The Balaban J connectivity index is 2.04. The minimum atomic E-state index is 0.0269. The van der Waals surface area contributed by atoms with Crippen LogP contribution in [0.25, 0.3) is 11.0 Å². The molecule has 0 aliphatic rings. The number of rotatable bonds is 4. The van der Waals surface area contributed by atoms with Crippen molar-refractivity contribution in [1.29, 1.82) is 0 Å². The van der Waals surface area contributed by atoms with Crippen LogP contribution in [0.5, 0.6) is 5.75 Å². The highest BCUT2D eigenvalue weighted by molar-refractivity contribution is 5.74. The standard InChI is InChI=1S/C16H16N4O/c1-17-16(12-7-13(21-2)10-18-9-12)11-3-4-14-15(8-11)20-6-5-19-14/h3-10,16-17H,1-2H3. The van der Waals surface area contributed by atoms with Gasteiger partial charge in [0.2, 0.25) is 0 Å². The molecule has 5 heteroatoms. The summed E-state index contributed by atoms with van der Waals surface area (Å²) in [6.07, 6.45) is 6.93. The minimum Gasteiger partial charge on any atom is -0.495 e. The van der Waals surface area contributed by atoms with Crippen molar-refractivity contribution in [3.05, 3.63) is 60.2 Å². The lowest BCUT2D eigenvalue weighted by molar-refractivity contribution is 0.411. The van der Waals surface area contributed by atoms with E-state index in [1.807, 2.05) is 31.4 Å². The summed E-state index contributed by atoms with van der Waals surface area (Å²) in [4.78, 5) is 12.9. The fraction of sp³-hybridized carbons (Fsp3) is 0.188. The van der Waals surface area contributed by atoms with Crippen LogP contribution in [-0.4, -0.2) is 29.1 Å². The SMILES string of the molecule is CNC(c1cncc(OC)c1)c1ccc2nccnc2c1. The molecule has 0 saturated heterocycles. The number of ether oxygens (including phenoxy) is 1. The van der Waals surface area contributed by atoms with Gasteiger partial charge < -0.3 is 10.1 Å². The summed E-state index contributed by atoms with van der Waals surface area (Å²) in [6.45, 7) is 0. The van der Waals surface area contributed by atoms with Crippen LogP contribution in [0.3, 0.4) is 0 Å². The van der Waals surface area contributed by atoms with Crippen LogP contribution in [0.1, 0.15) is 17.2 Å². The molecule has 0 spiro atoms. The van der Waals surface area contributed by atoms with Gasteiger partial charge in [0, 0.05) is 18.6 Å². The molecule has 0 radical (unpaired) electrons. The number of nitrogens with zero attached hydrogens (tertiary/aromatic N) is 3. The van der Waals surface area contributed by atoms with E-state index >= 15 is 0 Å². The largest absolute Gasteiger partial charge is 0.495 e. The molecular formula is C16H16N4O. The van der Waals surface area contributed by atoms with Crippen molar-refractivity contribution in [3.63, 3.8) is 0 Å². The highest BCUT2D eigenvalue weighted by Crippen LogP contribution is 2.25. The van der Waals surface area contributed by atoms with E-state index in [1.54, 1.807) is 25.7 Å². The number of aromatic nitrogens is 3. The Hall–Kier alpha value is -2.53. The predicted octanol–water partition coefficient (Wildman–Crippen LogP) is 2.34. The van der Waals surface area contributed by atoms with Crippen molar-refractivity contribution in [2.75, 3.05) is 14.2 Å². The first-order chi connectivity index (χ1) is 10.3. The van der Waals surface area contributed by atoms with E-state index in [0.29, 0.717) is 0 Å². The van der Waals surface area contributed by atoms with E-state index in [-0.39, 0.29) is 6.04 Å². The second-order valence-corrected chi connectivity index (χ2v) is 4.68. The average molecular weight is 280 g/mol. The summed E-state index contributed by atoms with van der Waals surface area (Å²) in [6, 6.07) is 8.09. The van der Waals surface area contributed by atoms with E-state index in [0.717, 1.165) is 27.9 Å².